The van der Waals surface area contributed by atoms with E-state index in [4.69, 9.17) is 4.98 Å². The van der Waals surface area contributed by atoms with Gasteiger partial charge in [-0.15, -0.1) is 0 Å². The van der Waals surface area contributed by atoms with Gasteiger partial charge < -0.3 is 5.32 Å². The first-order valence-corrected chi connectivity index (χ1v) is 8.35. The van der Waals surface area contributed by atoms with E-state index in [0.717, 1.165) is 59.0 Å². The topological polar surface area (TPSA) is 59.8 Å². The van der Waals surface area contributed by atoms with E-state index in [-0.39, 0.29) is 5.91 Å². The average molecular weight is 320 g/mol. The van der Waals surface area contributed by atoms with Crippen LogP contribution < -0.4 is 5.32 Å². The third-order valence-electron chi connectivity index (χ3n) is 4.60. The molecule has 122 valence electrons. The van der Waals surface area contributed by atoms with E-state index in [1.54, 1.807) is 10.7 Å². The van der Waals surface area contributed by atoms with Gasteiger partial charge in [-0.25, -0.2) is 0 Å². The van der Waals surface area contributed by atoms with Crippen LogP contribution in [0.15, 0.2) is 30.5 Å². The maximum absolute atomic E-state index is 13.0. The first kappa shape index (κ1) is 14.9. The Balaban J connectivity index is 1.87. The summed E-state index contributed by atoms with van der Waals surface area (Å²) in [7, 11) is 1.84. The van der Waals surface area contributed by atoms with E-state index in [9.17, 15) is 4.79 Å². The SMILES string of the molecule is Cc1ccc2nc3c(c(C(=O)Nc4ccn(C)n4)c2c1)CCCC3. The molecule has 5 nitrogen and oxygen atoms in total. The lowest BCUT2D eigenvalue weighted by Crippen LogP contribution is -2.19. The molecule has 2 heterocycles. The fraction of sp³-hybridized carbons (Fsp3) is 0.316. The van der Waals surface area contributed by atoms with Crippen molar-refractivity contribution in [2.45, 2.75) is 32.6 Å². The third kappa shape index (κ3) is 2.56. The Hall–Kier alpha value is -2.69. The van der Waals surface area contributed by atoms with E-state index in [2.05, 4.69) is 16.5 Å². The molecule has 1 N–H and O–H groups in total. The summed E-state index contributed by atoms with van der Waals surface area (Å²) >= 11 is 0. The summed E-state index contributed by atoms with van der Waals surface area (Å²) < 4.78 is 1.68. The number of aromatic nitrogens is 3. The van der Waals surface area contributed by atoms with Gasteiger partial charge in [0.15, 0.2) is 5.82 Å². The zero-order valence-electron chi connectivity index (χ0n) is 14.0. The van der Waals surface area contributed by atoms with E-state index in [0.29, 0.717) is 5.82 Å². The Kier molecular flexibility index (Phi) is 3.56. The Labute approximate surface area is 140 Å². The first-order chi connectivity index (χ1) is 11.6. The molecule has 24 heavy (non-hydrogen) atoms. The number of rotatable bonds is 2. The Bertz CT molecular complexity index is 942. The van der Waals surface area contributed by atoms with Gasteiger partial charge in [0.2, 0.25) is 0 Å². The number of nitrogens with zero attached hydrogens (tertiary/aromatic N) is 3. The van der Waals surface area contributed by atoms with Crippen LogP contribution in [0.3, 0.4) is 0 Å². The summed E-state index contributed by atoms with van der Waals surface area (Å²) in [5, 5.41) is 8.13. The van der Waals surface area contributed by atoms with Gasteiger partial charge in [-0.05, 0) is 50.3 Å². The molecule has 0 saturated heterocycles. The smallest absolute Gasteiger partial charge is 0.257 e. The molecule has 1 amide bonds. The van der Waals surface area contributed by atoms with Crippen molar-refractivity contribution in [3.05, 3.63) is 52.8 Å². The normalized spacial score (nSPS) is 13.8. The molecule has 2 aromatic heterocycles. The molecule has 5 heteroatoms. The van der Waals surface area contributed by atoms with Crippen LogP contribution in [0.5, 0.6) is 0 Å². The minimum atomic E-state index is -0.0927. The van der Waals surface area contributed by atoms with Crippen molar-refractivity contribution in [3.8, 4) is 0 Å². The molecule has 1 aliphatic rings. The molecule has 0 saturated carbocycles. The van der Waals surface area contributed by atoms with E-state index in [1.165, 1.54) is 0 Å². The second-order valence-corrected chi connectivity index (χ2v) is 6.47. The zero-order valence-corrected chi connectivity index (χ0v) is 14.0. The van der Waals surface area contributed by atoms with Crippen LogP contribution in [-0.4, -0.2) is 20.7 Å². The summed E-state index contributed by atoms with van der Waals surface area (Å²) in [6.07, 6.45) is 5.93. The number of carbonyl (C=O) groups excluding carboxylic acids is 1. The van der Waals surface area contributed by atoms with Crippen molar-refractivity contribution in [2.24, 2.45) is 7.05 Å². The molecule has 0 radical (unpaired) electrons. The van der Waals surface area contributed by atoms with Crippen LogP contribution in [-0.2, 0) is 19.9 Å². The van der Waals surface area contributed by atoms with Gasteiger partial charge in [-0.2, -0.15) is 5.10 Å². The zero-order chi connectivity index (χ0) is 16.7. The number of amides is 1. The Morgan fingerprint density at radius 3 is 2.83 bits per heavy atom. The summed E-state index contributed by atoms with van der Waals surface area (Å²) in [6, 6.07) is 7.92. The lowest BCUT2D eigenvalue weighted by Gasteiger charge is -2.20. The standard InChI is InChI=1S/C19H20N4O/c1-12-7-8-16-14(11-12)18(13-5-3-4-6-15(13)20-16)19(24)21-17-9-10-23(2)22-17/h7-11H,3-6H2,1-2H3,(H,21,22,24). The molecule has 0 spiro atoms. The molecular formula is C19H20N4O. The fourth-order valence-electron chi connectivity index (χ4n) is 3.46. The van der Waals surface area contributed by atoms with E-state index >= 15 is 0 Å². The van der Waals surface area contributed by atoms with Gasteiger partial charge in [-0.3, -0.25) is 14.5 Å². The second-order valence-electron chi connectivity index (χ2n) is 6.47. The van der Waals surface area contributed by atoms with Crippen LogP contribution in [0.25, 0.3) is 10.9 Å². The van der Waals surface area contributed by atoms with Crippen LogP contribution in [0, 0.1) is 6.92 Å². The van der Waals surface area contributed by atoms with Gasteiger partial charge in [0.1, 0.15) is 0 Å². The minimum absolute atomic E-state index is 0.0927. The number of nitrogens with one attached hydrogen (secondary N) is 1. The van der Waals surface area contributed by atoms with Gasteiger partial charge in [0.05, 0.1) is 11.1 Å². The number of pyridine rings is 1. The number of benzene rings is 1. The Morgan fingerprint density at radius 2 is 2.04 bits per heavy atom. The van der Waals surface area contributed by atoms with E-state index < -0.39 is 0 Å². The fourth-order valence-corrected chi connectivity index (χ4v) is 3.46. The molecule has 0 fully saturated rings. The number of aryl methyl sites for hydroxylation is 3. The van der Waals surface area contributed by atoms with Crippen LogP contribution in [0.1, 0.15) is 40.0 Å². The first-order valence-electron chi connectivity index (χ1n) is 8.35. The minimum Gasteiger partial charge on any atom is -0.305 e. The summed E-state index contributed by atoms with van der Waals surface area (Å²) in [5.74, 6) is 0.481. The maximum atomic E-state index is 13.0. The van der Waals surface area contributed by atoms with Crippen molar-refractivity contribution in [1.82, 2.24) is 14.8 Å². The molecule has 0 bridgehead atoms. The van der Waals surface area contributed by atoms with Gasteiger partial charge in [-0.1, -0.05) is 11.6 Å². The van der Waals surface area contributed by atoms with Crippen molar-refractivity contribution < 1.29 is 4.79 Å². The number of hydrogen-bond donors (Lipinski definition) is 1. The summed E-state index contributed by atoms with van der Waals surface area (Å²) in [5.41, 5.74) is 4.97. The molecular weight excluding hydrogens is 300 g/mol. The summed E-state index contributed by atoms with van der Waals surface area (Å²) in [4.78, 5) is 17.8. The number of anilines is 1. The van der Waals surface area contributed by atoms with Crippen LogP contribution in [0.4, 0.5) is 5.82 Å². The van der Waals surface area contributed by atoms with Crippen LogP contribution >= 0.6 is 0 Å². The monoisotopic (exact) mass is 320 g/mol. The van der Waals surface area contributed by atoms with Crippen molar-refractivity contribution in [1.29, 1.82) is 0 Å². The molecule has 3 aromatic rings. The van der Waals surface area contributed by atoms with E-state index in [1.807, 2.05) is 32.3 Å². The average Bonchev–Trinajstić information content (AvgIpc) is 2.97. The van der Waals surface area contributed by atoms with Crippen molar-refractivity contribution in [3.63, 3.8) is 0 Å². The largest absolute Gasteiger partial charge is 0.305 e. The van der Waals surface area contributed by atoms with Crippen LogP contribution in [0.2, 0.25) is 0 Å². The predicted octanol–water partition coefficient (Wildman–Crippen LogP) is 3.41. The number of fused-ring (bicyclic) bond motifs is 2. The number of carbonyl (C=O) groups is 1. The highest BCUT2D eigenvalue weighted by Crippen LogP contribution is 2.30. The second kappa shape index (κ2) is 5.74. The molecule has 1 aliphatic carbocycles. The Morgan fingerprint density at radius 1 is 1.21 bits per heavy atom. The lowest BCUT2D eigenvalue weighted by atomic mass is 9.89. The molecule has 0 aliphatic heterocycles. The predicted molar refractivity (Wildman–Crippen MR) is 94.3 cm³/mol. The molecule has 0 unspecified atom stereocenters. The number of hydrogen-bond acceptors (Lipinski definition) is 3. The highest BCUT2D eigenvalue weighted by Gasteiger charge is 2.23. The van der Waals surface area contributed by atoms with Gasteiger partial charge in [0, 0.05) is 30.4 Å². The van der Waals surface area contributed by atoms with Crippen molar-refractivity contribution in [2.75, 3.05) is 5.32 Å². The molecule has 0 atom stereocenters. The quantitative estimate of drug-likeness (QED) is 0.787. The maximum Gasteiger partial charge on any atom is 0.257 e. The van der Waals surface area contributed by atoms with Gasteiger partial charge in [0.25, 0.3) is 5.91 Å². The molecule has 4 rings (SSSR count). The van der Waals surface area contributed by atoms with Crippen molar-refractivity contribution >= 4 is 22.6 Å². The highest BCUT2D eigenvalue weighted by atomic mass is 16.1. The lowest BCUT2D eigenvalue weighted by molar-refractivity contribution is 0.102. The highest BCUT2D eigenvalue weighted by molar-refractivity contribution is 6.13. The van der Waals surface area contributed by atoms with Gasteiger partial charge >= 0.3 is 0 Å². The molecule has 1 aromatic carbocycles. The third-order valence-corrected chi connectivity index (χ3v) is 4.60. The summed E-state index contributed by atoms with van der Waals surface area (Å²) in [6.45, 7) is 2.04.